The molecule has 2 N–H and O–H groups in total. The van der Waals surface area contributed by atoms with Gasteiger partial charge < -0.3 is 10.2 Å². The van der Waals surface area contributed by atoms with Gasteiger partial charge in [0.2, 0.25) is 0 Å². The zero-order valence-corrected chi connectivity index (χ0v) is 11.8. The molecule has 0 atom stereocenters. The van der Waals surface area contributed by atoms with E-state index in [1.807, 2.05) is 25.7 Å². The third-order valence-electron chi connectivity index (χ3n) is 2.66. The van der Waals surface area contributed by atoms with E-state index in [1.54, 1.807) is 0 Å². The monoisotopic (exact) mass is 272 g/mol. The van der Waals surface area contributed by atoms with Gasteiger partial charge in [-0.3, -0.25) is 4.90 Å². The van der Waals surface area contributed by atoms with Crippen LogP contribution in [0.5, 0.6) is 0 Å². The maximum absolute atomic E-state index is 11.1. The van der Waals surface area contributed by atoms with E-state index < -0.39 is 5.97 Å². The summed E-state index contributed by atoms with van der Waals surface area (Å²) in [5.74, 6) is -0.804. The predicted molar refractivity (Wildman–Crippen MR) is 71.2 cm³/mol. The number of thiazole rings is 1. The highest BCUT2D eigenvalue weighted by Crippen LogP contribution is 2.25. The Morgan fingerprint density at radius 2 is 2.17 bits per heavy atom. The third kappa shape index (κ3) is 3.76. The van der Waals surface area contributed by atoms with E-state index in [0.29, 0.717) is 23.7 Å². The Hall–Kier alpha value is -0.980. The number of carboxylic acids is 1. The lowest BCUT2D eigenvalue weighted by Gasteiger charge is -2.16. The number of rotatable bonds is 7. The summed E-state index contributed by atoms with van der Waals surface area (Å²) < 4.78 is 0. The van der Waals surface area contributed by atoms with E-state index >= 15 is 0 Å². The van der Waals surface area contributed by atoms with Gasteiger partial charge in [0.25, 0.3) is 0 Å². The van der Waals surface area contributed by atoms with Gasteiger partial charge in [-0.25, -0.2) is 9.78 Å². The summed E-state index contributed by atoms with van der Waals surface area (Å²) in [5, 5.41) is 18.9. The first-order valence-corrected chi connectivity index (χ1v) is 6.87. The fourth-order valence-corrected chi connectivity index (χ4v) is 2.77. The third-order valence-corrected chi connectivity index (χ3v) is 3.70. The smallest absolute Gasteiger partial charge is 0.347 e. The number of carbonyl (C=O) groups is 1. The molecule has 0 bridgehead atoms. The van der Waals surface area contributed by atoms with Gasteiger partial charge in [0.15, 0.2) is 0 Å². The van der Waals surface area contributed by atoms with Crippen LogP contribution in [0.25, 0.3) is 0 Å². The van der Waals surface area contributed by atoms with Crippen LogP contribution in [-0.4, -0.2) is 45.8 Å². The summed E-state index contributed by atoms with van der Waals surface area (Å²) in [5.41, 5.74) is 0.655. The van der Waals surface area contributed by atoms with Crippen LogP contribution in [0.3, 0.4) is 0 Å². The predicted octanol–water partition coefficient (Wildman–Crippen LogP) is 1.78. The maximum Gasteiger partial charge on any atom is 0.347 e. The molecule has 0 saturated carbocycles. The van der Waals surface area contributed by atoms with Crippen LogP contribution in [0.2, 0.25) is 0 Å². The van der Waals surface area contributed by atoms with Crippen LogP contribution in [-0.2, 0) is 6.54 Å². The van der Waals surface area contributed by atoms with Gasteiger partial charge in [0.05, 0.1) is 18.8 Å². The molecule has 102 valence electrons. The molecule has 6 heteroatoms. The Kier molecular flexibility index (Phi) is 5.71. The topological polar surface area (TPSA) is 73.7 Å². The highest BCUT2D eigenvalue weighted by molar-refractivity contribution is 7.13. The standard InChI is InChI=1S/C12H20N2O3S/c1-4-14(5-6-15)7-9-13-10(8(2)3)11(18-9)12(16)17/h8,15H,4-7H2,1-3H3,(H,16,17). The number of aromatic nitrogens is 1. The lowest BCUT2D eigenvalue weighted by molar-refractivity contribution is 0.0700. The molecule has 0 aliphatic rings. The van der Waals surface area contributed by atoms with E-state index in [1.165, 1.54) is 11.3 Å². The molecule has 1 heterocycles. The molecule has 0 amide bonds. The molecule has 0 fully saturated rings. The number of aliphatic hydroxyl groups is 1. The van der Waals surface area contributed by atoms with E-state index in [-0.39, 0.29) is 12.5 Å². The quantitative estimate of drug-likeness (QED) is 0.791. The second-order valence-corrected chi connectivity index (χ2v) is 5.46. The number of nitrogens with zero attached hydrogens (tertiary/aromatic N) is 2. The lowest BCUT2D eigenvalue weighted by atomic mass is 10.1. The summed E-state index contributed by atoms with van der Waals surface area (Å²) in [6.07, 6.45) is 0. The van der Waals surface area contributed by atoms with Crippen molar-refractivity contribution in [2.75, 3.05) is 19.7 Å². The SMILES string of the molecule is CCN(CCO)Cc1nc(C(C)C)c(C(=O)O)s1. The maximum atomic E-state index is 11.1. The fourth-order valence-electron chi connectivity index (χ4n) is 1.67. The van der Waals surface area contributed by atoms with Crippen LogP contribution in [0.1, 0.15) is 47.1 Å². The van der Waals surface area contributed by atoms with Gasteiger partial charge >= 0.3 is 5.97 Å². The Balaban J connectivity index is 2.90. The molecule has 0 spiro atoms. The van der Waals surface area contributed by atoms with E-state index in [9.17, 15) is 4.79 Å². The Morgan fingerprint density at radius 1 is 1.50 bits per heavy atom. The molecular formula is C12H20N2O3S. The molecule has 1 aromatic heterocycles. The van der Waals surface area contributed by atoms with Crippen molar-refractivity contribution in [1.82, 2.24) is 9.88 Å². The number of carboxylic acid groups (broad SMARTS) is 1. The van der Waals surface area contributed by atoms with Crippen LogP contribution >= 0.6 is 11.3 Å². The number of aliphatic hydroxyl groups excluding tert-OH is 1. The molecular weight excluding hydrogens is 252 g/mol. The molecule has 18 heavy (non-hydrogen) atoms. The minimum absolute atomic E-state index is 0.0992. The van der Waals surface area contributed by atoms with Crippen molar-refractivity contribution >= 4 is 17.3 Å². The molecule has 5 nitrogen and oxygen atoms in total. The van der Waals surface area contributed by atoms with Crippen molar-refractivity contribution in [2.24, 2.45) is 0 Å². The van der Waals surface area contributed by atoms with E-state index in [0.717, 1.165) is 11.6 Å². The average Bonchev–Trinajstić information content (AvgIpc) is 2.72. The number of aromatic carboxylic acids is 1. The van der Waals surface area contributed by atoms with Crippen molar-refractivity contribution in [3.05, 3.63) is 15.6 Å². The highest BCUT2D eigenvalue weighted by Gasteiger charge is 2.20. The highest BCUT2D eigenvalue weighted by atomic mass is 32.1. The molecule has 0 aliphatic carbocycles. The van der Waals surface area contributed by atoms with Crippen molar-refractivity contribution in [3.63, 3.8) is 0 Å². The van der Waals surface area contributed by atoms with Crippen LogP contribution in [0, 0.1) is 0 Å². The summed E-state index contributed by atoms with van der Waals surface area (Å²) in [6, 6.07) is 0. The van der Waals surface area contributed by atoms with Crippen molar-refractivity contribution in [2.45, 2.75) is 33.2 Å². The summed E-state index contributed by atoms with van der Waals surface area (Å²) >= 11 is 1.23. The van der Waals surface area contributed by atoms with Gasteiger partial charge in [-0.15, -0.1) is 11.3 Å². The number of hydrogen-bond donors (Lipinski definition) is 2. The number of likely N-dealkylation sites (N-methyl/N-ethyl adjacent to an activating group) is 1. The molecule has 1 aromatic rings. The number of hydrogen-bond acceptors (Lipinski definition) is 5. The Labute approximate surface area is 111 Å². The fraction of sp³-hybridized carbons (Fsp3) is 0.667. The van der Waals surface area contributed by atoms with Crippen LogP contribution in [0.15, 0.2) is 0 Å². The van der Waals surface area contributed by atoms with Crippen molar-refractivity contribution in [1.29, 1.82) is 0 Å². The first kappa shape index (κ1) is 15.1. The van der Waals surface area contributed by atoms with Crippen molar-refractivity contribution in [3.8, 4) is 0 Å². The zero-order valence-electron chi connectivity index (χ0n) is 11.0. The molecule has 0 saturated heterocycles. The normalized spacial score (nSPS) is 11.4. The average molecular weight is 272 g/mol. The molecule has 0 aromatic carbocycles. The summed E-state index contributed by atoms with van der Waals surface area (Å²) in [6.45, 7) is 7.96. The van der Waals surface area contributed by atoms with Gasteiger partial charge in [-0.1, -0.05) is 20.8 Å². The van der Waals surface area contributed by atoms with Gasteiger partial charge in [-0.2, -0.15) is 0 Å². The minimum atomic E-state index is -0.910. The van der Waals surface area contributed by atoms with Gasteiger partial charge in [0.1, 0.15) is 9.88 Å². The minimum Gasteiger partial charge on any atom is -0.477 e. The summed E-state index contributed by atoms with van der Waals surface area (Å²) in [7, 11) is 0. The zero-order chi connectivity index (χ0) is 13.7. The van der Waals surface area contributed by atoms with Crippen molar-refractivity contribution < 1.29 is 15.0 Å². The van der Waals surface area contributed by atoms with E-state index in [4.69, 9.17) is 10.2 Å². The van der Waals surface area contributed by atoms with Crippen LogP contribution in [0.4, 0.5) is 0 Å². The first-order chi connectivity index (χ1) is 8.49. The second kappa shape index (κ2) is 6.82. The largest absolute Gasteiger partial charge is 0.477 e. The Bertz CT molecular complexity index is 404. The van der Waals surface area contributed by atoms with Gasteiger partial charge in [-0.05, 0) is 12.5 Å². The van der Waals surface area contributed by atoms with E-state index in [2.05, 4.69) is 4.98 Å². The molecule has 0 aliphatic heterocycles. The molecule has 0 unspecified atom stereocenters. The second-order valence-electron chi connectivity index (χ2n) is 4.37. The lowest BCUT2D eigenvalue weighted by Crippen LogP contribution is -2.26. The molecule has 0 radical (unpaired) electrons. The molecule has 1 rings (SSSR count). The Morgan fingerprint density at radius 3 is 2.56 bits per heavy atom. The van der Waals surface area contributed by atoms with Gasteiger partial charge in [0, 0.05) is 6.54 Å². The summed E-state index contributed by atoms with van der Waals surface area (Å²) in [4.78, 5) is 17.9. The first-order valence-electron chi connectivity index (χ1n) is 6.05. The van der Waals surface area contributed by atoms with Crippen LogP contribution < -0.4 is 0 Å².